The molecule has 0 radical (unpaired) electrons. The number of aromatic amines is 1. The van der Waals surface area contributed by atoms with Crippen molar-refractivity contribution >= 4 is 50.4 Å². The van der Waals surface area contributed by atoms with Crippen LogP contribution in [0, 0.1) is 0 Å². The number of carbonyl (C=O) groups is 1. The lowest BCUT2D eigenvalue weighted by molar-refractivity contribution is -0.121. The quantitative estimate of drug-likeness (QED) is 0.214. The average molecular weight is 577 g/mol. The van der Waals surface area contributed by atoms with Crippen molar-refractivity contribution in [3.8, 4) is 0 Å². The Hall–Kier alpha value is -5.16. The molecule has 2 aromatic carbocycles. The molecule has 11 heteroatoms. The summed E-state index contributed by atoms with van der Waals surface area (Å²) in [5.74, 6) is 0.211. The maximum atomic E-state index is 13.9. The molecule has 0 aliphatic carbocycles. The minimum Gasteiger partial charge on any atom is -0.456 e. The molecule has 1 amide bonds. The number of hydrogen-bond acceptors (Lipinski definition) is 8. The number of piperazine rings is 1. The molecule has 1 fully saturated rings. The van der Waals surface area contributed by atoms with Gasteiger partial charge in [0.25, 0.3) is 5.56 Å². The van der Waals surface area contributed by atoms with Crippen LogP contribution in [0.4, 0.5) is 11.6 Å². The molecule has 0 bridgehead atoms. The van der Waals surface area contributed by atoms with Crippen molar-refractivity contribution in [2.75, 3.05) is 36.4 Å². The number of anilines is 2. The van der Waals surface area contributed by atoms with Gasteiger partial charge in [-0.2, -0.15) is 0 Å². The highest BCUT2D eigenvalue weighted by Crippen LogP contribution is 2.31. The van der Waals surface area contributed by atoms with Crippen LogP contribution < -0.4 is 26.4 Å². The highest BCUT2D eigenvalue weighted by molar-refractivity contribution is 6.05. The minimum absolute atomic E-state index is 0.149. The van der Waals surface area contributed by atoms with Crippen LogP contribution in [0.5, 0.6) is 0 Å². The highest BCUT2D eigenvalue weighted by Gasteiger charge is 2.21. The molecule has 4 N–H and O–H groups in total. The van der Waals surface area contributed by atoms with Gasteiger partial charge in [0.15, 0.2) is 0 Å². The first-order valence-electron chi connectivity index (χ1n) is 14.4. The third-order valence-corrected chi connectivity index (χ3v) is 7.95. The zero-order valence-corrected chi connectivity index (χ0v) is 23.8. The zero-order valence-electron chi connectivity index (χ0n) is 23.8. The van der Waals surface area contributed by atoms with Gasteiger partial charge in [-0.3, -0.25) is 19.1 Å². The van der Waals surface area contributed by atoms with Gasteiger partial charge >= 0.3 is 0 Å². The fraction of sp³-hybridized carbons (Fsp3) is 0.250. The molecule has 4 aromatic heterocycles. The summed E-state index contributed by atoms with van der Waals surface area (Å²) in [4.78, 5) is 41.2. The third kappa shape index (κ3) is 5.30. The van der Waals surface area contributed by atoms with Crippen LogP contribution in [-0.2, 0) is 17.9 Å². The lowest BCUT2D eigenvalue weighted by Crippen LogP contribution is -2.47. The summed E-state index contributed by atoms with van der Waals surface area (Å²) in [6.45, 7) is 5.10. The summed E-state index contributed by atoms with van der Waals surface area (Å²) in [6.07, 6.45) is 5.07. The van der Waals surface area contributed by atoms with Crippen molar-refractivity contribution in [2.45, 2.75) is 26.1 Å². The van der Waals surface area contributed by atoms with Gasteiger partial charge in [-0.25, -0.2) is 4.98 Å². The molecule has 1 saturated heterocycles. The smallest absolute Gasteiger partial charge is 0.278 e. The van der Waals surface area contributed by atoms with E-state index >= 15 is 0 Å². The first-order valence-corrected chi connectivity index (χ1v) is 14.4. The lowest BCUT2D eigenvalue weighted by Gasteiger charge is -2.30. The molecule has 0 spiro atoms. The van der Waals surface area contributed by atoms with Gasteiger partial charge in [0.1, 0.15) is 23.4 Å². The summed E-state index contributed by atoms with van der Waals surface area (Å²) in [7, 11) is 0. The molecule has 5 heterocycles. The number of hydrogen-bond donors (Lipinski definition) is 4. The predicted molar refractivity (Wildman–Crippen MR) is 167 cm³/mol. The monoisotopic (exact) mass is 576 g/mol. The van der Waals surface area contributed by atoms with E-state index in [1.807, 2.05) is 60.4 Å². The lowest BCUT2D eigenvalue weighted by atomic mass is 10.0. The highest BCUT2D eigenvalue weighted by atomic mass is 16.3. The van der Waals surface area contributed by atoms with Crippen molar-refractivity contribution < 1.29 is 9.21 Å². The molecule has 7 rings (SSSR count). The van der Waals surface area contributed by atoms with E-state index in [1.54, 1.807) is 18.6 Å². The molecule has 0 saturated carbocycles. The summed E-state index contributed by atoms with van der Waals surface area (Å²) in [5, 5.41) is 12.7. The molecular formula is C32H32N8O3. The number of aromatic nitrogens is 4. The Bertz CT molecular complexity index is 1970. The molecule has 1 aliphatic rings. The summed E-state index contributed by atoms with van der Waals surface area (Å²) in [5.41, 5.74) is 4.51. The van der Waals surface area contributed by atoms with E-state index in [2.05, 4.69) is 37.0 Å². The van der Waals surface area contributed by atoms with Gasteiger partial charge in [0, 0.05) is 72.0 Å². The zero-order chi connectivity index (χ0) is 29.3. The molecule has 218 valence electrons. The number of carbonyl (C=O) groups excluding carboxylic acids is 1. The predicted octanol–water partition coefficient (Wildman–Crippen LogP) is 3.92. The second kappa shape index (κ2) is 11.3. The van der Waals surface area contributed by atoms with E-state index < -0.39 is 0 Å². The summed E-state index contributed by atoms with van der Waals surface area (Å²) < 4.78 is 7.45. The van der Waals surface area contributed by atoms with Gasteiger partial charge in [-0.15, -0.1) is 0 Å². The van der Waals surface area contributed by atoms with Crippen molar-refractivity contribution in [3.05, 3.63) is 94.8 Å². The molecule has 11 nitrogen and oxygen atoms in total. The molecule has 1 atom stereocenters. The summed E-state index contributed by atoms with van der Waals surface area (Å²) >= 11 is 0. The number of para-hydroxylation sites is 1. The number of amides is 1. The van der Waals surface area contributed by atoms with E-state index in [0.717, 1.165) is 57.2 Å². The second-order valence-corrected chi connectivity index (χ2v) is 10.9. The SMILES string of the molecule is C[C@@H](Nc1cnc(N2CCNCC2)n(CC(=O)NCc2cc3cnccc3[nH]2)c1=O)c1ccc2oc3ccccc3c2c1. The average Bonchev–Trinajstić information content (AvgIpc) is 3.63. The third-order valence-electron chi connectivity index (χ3n) is 7.95. The first kappa shape index (κ1) is 26.7. The van der Waals surface area contributed by atoms with Crippen LogP contribution in [0.25, 0.3) is 32.8 Å². The van der Waals surface area contributed by atoms with E-state index in [1.165, 1.54) is 4.57 Å². The van der Waals surface area contributed by atoms with E-state index in [9.17, 15) is 9.59 Å². The van der Waals surface area contributed by atoms with E-state index in [-0.39, 0.29) is 24.1 Å². The standard InChI is InChI=1S/C32H32N8O3/c1-20(21-6-7-29-25(15-21)24-4-2-3-5-28(24)43-29)37-27-18-36-32(39-12-10-33-11-13-39)40(31(27)42)19-30(41)35-17-23-14-22-16-34-9-8-26(22)38-23/h2-9,14-16,18,20,33,37-38H,10-13,17,19H2,1H3,(H,35,41)/t20-/m1/s1. The minimum atomic E-state index is -0.294. The van der Waals surface area contributed by atoms with E-state index in [4.69, 9.17) is 4.42 Å². The normalized spacial score (nSPS) is 14.4. The van der Waals surface area contributed by atoms with Gasteiger partial charge in [-0.05, 0) is 42.8 Å². The number of benzene rings is 2. The number of H-pyrrole nitrogens is 1. The number of nitrogens with zero attached hydrogens (tertiary/aromatic N) is 4. The number of fused-ring (bicyclic) bond motifs is 4. The van der Waals surface area contributed by atoms with Gasteiger partial charge in [0.05, 0.1) is 12.7 Å². The maximum Gasteiger partial charge on any atom is 0.278 e. The van der Waals surface area contributed by atoms with Crippen LogP contribution in [0.2, 0.25) is 0 Å². The number of nitrogens with one attached hydrogen (secondary N) is 4. The fourth-order valence-electron chi connectivity index (χ4n) is 5.69. The summed E-state index contributed by atoms with van der Waals surface area (Å²) in [6, 6.07) is 17.6. The molecule has 6 aromatic rings. The number of furan rings is 1. The Kier molecular flexibility index (Phi) is 6.99. The first-order chi connectivity index (χ1) is 21.0. The van der Waals surface area contributed by atoms with Crippen LogP contribution in [0.15, 0.2) is 82.4 Å². The van der Waals surface area contributed by atoms with Crippen molar-refractivity contribution in [3.63, 3.8) is 0 Å². The van der Waals surface area contributed by atoms with Crippen LogP contribution in [0.1, 0.15) is 24.2 Å². The second-order valence-electron chi connectivity index (χ2n) is 10.9. The number of rotatable bonds is 8. The Balaban J connectivity index is 1.14. The van der Waals surface area contributed by atoms with Crippen molar-refractivity contribution in [1.29, 1.82) is 0 Å². The Morgan fingerprint density at radius 2 is 1.88 bits per heavy atom. The molecule has 43 heavy (non-hydrogen) atoms. The Morgan fingerprint density at radius 3 is 2.74 bits per heavy atom. The number of pyridine rings is 1. The van der Waals surface area contributed by atoms with Crippen molar-refractivity contribution in [2.24, 2.45) is 0 Å². The van der Waals surface area contributed by atoms with Crippen LogP contribution in [0.3, 0.4) is 0 Å². The fourth-order valence-corrected chi connectivity index (χ4v) is 5.69. The molecule has 1 aliphatic heterocycles. The topological polar surface area (TPSA) is 133 Å². The van der Waals surface area contributed by atoms with E-state index in [0.29, 0.717) is 31.3 Å². The maximum absolute atomic E-state index is 13.9. The van der Waals surface area contributed by atoms with Gasteiger partial charge in [0.2, 0.25) is 11.9 Å². The Labute approximate surface area is 246 Å². The van der Waals surface area contributed by atoms with Gasteiger partial charge in [-0.1, -0.05) is 24.3 Å². The van der Waals surface area contributed by atoms with Crippen LogP contribution >= 0.6 is 0 Å². The van der Waals surface area contributed by atoms with Crippen LogP contribution in [-0.4, -0.2) is 51.6 Å². The largest absolute Gasteiger partial charge is 0.456 e. The molecule has 0 unspecified atom stereocenters. The van der Waals surface area contributed by atoms with Crippen molar-refractivity contribution in [1.82, 2.24) is 30.2 Å². The van der Waals surface area contributed by atoms with Gasteiger partial charge < -0.3 is 30.3 Å². The Morgan fingerprint density at radius 1 is 1.05 bits per heavy atom. The molecular weight excluding hydrogens is 544 g/mol.